The van der Waals surface area contributed by atoms with Crippen LogP contribution < -0.4 is 10.9 Å². The van der Waals surface area contributed by atoms with Gasteiger partial charge in [0.1, 0.15) is 0 Å². The quantitative estimate of drug-likeness (QED) is 0.317. The van der Waals surface area contributed by atoms with Crippen molar-refractivity contribution in [2.45, 2.75) is 0 Å². The Labute approximate surface area is 134 Å². The van der Waals surface area contributed by atoms with Gasteiger partial charge >= 0.3 is 0 Å². The Morgan fingerprint density at radius 3 is 1.92 bits per heavy atom. The number of hydrogen-bond acceptors (Lipinski definition) is 4. The van der Waals surface area contributed by atoms with E-state index >= 15 is 0 Å². The summed E-state index contributed by atoms with van der Waals surface area (Å²) in [6.45, 7) is 0. The number of rotatable bonds is 0. The van der Waals surface area contributed by atoms with Crippen molar-refractivity contribution in [2.75, 3.05) is 0 Å². The molecule has 0 fully saturated rings. The van der Waals surface area contributed by atoms with E-state index in [1.54, 1.807) is 48.5 Å². The van der Waals surface area contributed by atoms with Gasteiger partial charge in [-0.15, -0.1) is 0 Å². The van der Waals surface area contributed by atoms with Gasteiger partial charge in [0.15, 0.2) is 33.2 Å². The van der Waals surface area contributed by atoms with E-state index in [-0.39, 0.29) is 16.2 Å². The summed E-state index contributed by atoms with van der Waals surface area (Å²) in [6.07, 6.45) is 0. The largest absolute Gasteiger partial charge is 0.449 e. The first-order valence-electron chi connectivity index (χ1n) is 7.54. The first-order chi connectivity index (χ1) is 11.7. The van der Waals surface area contributed by atoms with Crippen molar-refractivity contribution >= 4 is 43.9 Å². The van der Waals surface area contributed by atoms with Crippen molar-refractivity contribution in [1.29, 1.82) is 0 Å². The fourth-order valence-corrected chi connectivity index (χ4v) is 3.17. The van der Waals surface area contributed by atoms with E-state index < -0.39 is 0 Å². The van der Waals surface area contributed by atoms with Crippen LogP contribution in [-0.4, -0.2) is 0 Å². The second kappa shape index (κ2) is 4.55. The van der Waals surface area contributed by atoms with Crippen LogP contribution in [0, 0.1) is 0 Å². The summed E-state index contributed by atoms with van der Waals surface area (Å²) in [5.41, 5.74) is 1.45. The normalized spacial score (nSPS) is 11.7. The fourth-order valence-electron chi connectivity index (χ4n) is 3.17. The second-order valence-electron chi connectivity index (χ2n) is 5.67. The van der Waals surface area contributed by atoms with Gasteiger partial charge in [0.2, 0.25) is 0 Å². The van der Waals surface area contributed by atoms with Crippen molar-refractivity contribution in [3.8, 4) is 0 Å². The zero-order valence-electron chi connectivity index (χ0n) is 12.4. The fraction of sp³-hybridized carbons (Fsp3) is 0. The smallest absolute Gasteiger partial charge is 0.198 e. The third-order valence-electron chi connectivity index (χ3n) is 4.29. The minimum Gasteiger partial charge on any atom is -0.449 e. The molecular weight excluding hydrogens is 304 g/mol. The van der Waals surface area contributed by atoms with Crippen LogP contribution >= 0.6 is 0 Å². The third-order valence-corrected chi connectivity index (χ3v) is 4.29. The molecule has 5 aromatic rings. The average Bonchev–Trinajstić information content (AvgIpc) is 2.63. The Balaban J connectivity index is 2.13. The van der Waals surface area contributed by atoms with Gasteiger partial charge in [-0.1, -0.05) is 36.4 Å². The van der Waals surface area contributed by atoms with Crippen LogP contribution in [0.15, 0.2) is 79.1 Å². The van der Waals surface area contributed by atoms with Crippen LogP contribution in [-0.2, 0) is 0 Å². The highest BCUT2D eigenvalue weighted by molar-refractivity contribution is 6.08. The number of hydrogen-bond donors (Lipinski definition) is 0. The number of benzene rings is 4. The van der Waals surface area contributed by atoms with Crippen molar-refractivity contribution in [3.05, 3.63) is 81.1 Å². The van der Waals surface area contributed by atoms with E-state index in [1.165, 1.54) is 0 Å². The Kier molecular flexibility index (Phi) is 2.48. The molecule has 114 valence electrons. The molecule has 0 aliphatic heterocycles. The molecule has 0 saturated carbocycles. The molecule has 0 atom stereocenters. The van der Waals surface area contributed by atoms with Crippen molar-refractivity contribution in [1.82, 2.24) is 0 Å². The lowest BCUT2D eigenvalue weighted by Crippen LogP contribution is -2.13. The summed E-state index contributed by atoms with van der Waals surface area (Å²) in [5, 5.41) is 1.43. The van der Waals surface area contributed by atoms with Crippen LogP contribution in [0.5, 0.6) is 0 Å². The van der Waals surface area contributed by atoms with Crippen LogP contribution in [0.25, 0.3) is 43.9 Å². The summed E-state index contributed by atoms with van der Waals surface area (Å²) in [6, 6.07) is 17.4. The van der Waals surface area contributed by atoms with E-state index in [9.17, 15) is 9.59 Å². The zero-order chi connectivity index (χ0) is 16.3. The van der Waals surface area contributed by atoms with Crippen molar-refractivity contribution < 1.29 is 8.83 Å². The Morgan fingerprint density at radius 2 is 1.17 bits per heavy atom. The second-order valence-corrected chi connectivity index (χ2v) is 5.67. The minimum atomic E-state index is -0.222. The Hall–Kier alpha value is -3.40. The molecule has 0 amide bonds. The lowest BCUT2D eigenvalue weighted by atomic mass is 10.0. The van der Waals surface area contributed by atoms with E-state index in [2.05, 4.69) is 0 Å². The molecule has 0 spiro atoms. The molecule has 4 nitrogen and oxygen atoms in total. The summed E-state index contributed by atoms with van der Waals surface area (Å²) in [7, 11) is 0. The molecule has 0 bridgehead atoms. The van der Waals surface area contributed by atoms with Gasteiger partial charge in [-0.05, 0) is 24.3 Å². The molecule has 5 rings (SSSR count). The monoisotopic (exact) mass is 314 g/mol. The Morgan fingerprint density at radius 1 is 0.542 bits per heavy atom. The maximum absolute atomic E-state index is 12.9. The molecule has 0 aliphatic carbocycles. The van der Waals surface area contributed by atoms with Gasteiger partial charge in [0.05, 0.1) is 5.39 Å². The number of fused-ring (bicyclic) bond motifs is 5. The SMILES string of the molecule is O=c1c2ccccc2c(=O)c2c1ccc1oc3ccccc3oc12. The molecule has 0 unspecified atom stereocenters. The van der Waals surface area contributed by atoms with Gasteiger partial charge in [0, 0.05) is 16.2 Å². The van der Waals surface area contributed by atoms with Gasteiger partial charge in [0.25, 0.3) is 0 Å². The van der Waals surface area contributed by atoms with Gasteiger partial charge in [-0.25, -0.2) is 0 Å². The van der Waals surface area contributed by atoms with E-state index in [1.807, 2.05) is 12.1 Å². The third kappa shape index (κ3) is 1.62. The lowest BCUT2D eigenvalue weighted by molar-refractivity contribution is 0.584. The highest BCUT2D eigenvalue weighted by Crippen LogP contribution is 2.27. The lowest BCUT2D eigenvalue weighted by Gasteiger charge is -2.05. The van der Waals surface area contributed by atoms with Gasteiger partial charge < -0.3 is 8.83 Å². The molecule has 1 aromatic heterocycles. The molecule has 24 heavy (non-hydrogen) atoms. The summed E-state index contributed by atoms with van der Waals surface area (Å²) in [5.74, 6) is 0. The maximum Gasteiger partial charge on any atom is 0.198 e. The topological polar surface area (TPSA) is 60.4 Å². The summed E-state index contributed by atoms with van der Waals surface area (Å²) >= 11 is 0. The first-order valence-corrected chi connectivity index (χ1v) is 7.54. The van der Waals surface area contributed by atoms with Crippen LogP contribution in [0.2, 0.25) is 0 Å². The Bertz CT molecular complexity index is 1390. The highest BCUT2D eigenvalue weighted by Gasteiger charge is 2.16. The van der Waals surface area contributed by atoms with Gasteiger partial charge in [-0.2, -0.15) is 0 Å². The molecule has 0 saturated heterocycles. The molecule has 4 heteroatoms. The van der Waals surface area contributed by atoms with Crippen molar-refractivity contribution in [3.63, 3.8) is 0 Å². The average molecular weight is 314 g/mol. The van der Waals surface area contributed by atoms with Crippen molar-refractivity contribution in [2.24, 2.45) is 0 Å². The molecule has 4 aromatic carbocycles. The van der Waals surface area contributed by atoms with E-state index in [4.69, 9.17) is 8.83 Å². The standard InChI is InChI=1S/C20H10O4/c21-18-11-5-1-2-6-12(11)19(22)17-13(18)9-10-16-20(17)24-15-8-4-3-7-14(15)23-16/h1-10H. The molecule has 0 N–H and O–H groups in total. The highest BCUT2D eigenvalue weighted by atomic mass is 16.4. The molecule has 1 heterocycles. The maximum atomic E-state index is 12.9. The van der Waals surface area contributed by atoms with Crippen LogP contribution in [0.3, 0.4) is 0 Å². The molecule has 0 radical (unpaired) electrons. The molecule has 0 aliphatic rings. The predicted octanol–water partition coefficient (Wildman–Crippen LogP) is 4.21. The summed E-state index contributed by atoms with van der Waals surface area (Å²) in [4.78, 5) is 25.7. The van der Waals surface area contributed by atoms with Crippen LogP contribution in [0.1, 0.15) is 0 Å². The van der Waals surface area contributed by atoms with E-state index in [0.717, 1.165) is 0 Å². The van der Waals surface area contributed by atoms with Gasteiger partial charge in [-0.3, -0.25) is 9.59 Å². The van der Waals surface area contributed by atoms with Crippen LogP contribution in [0.4, 0.5) is 0 Å². The molecular formula is C20H10O4. The predicted molar refractivity (Wildman–Crippen MR) is 93.5 cm³/mol. The first kappa shape index (κ1) is 13.1. The number of para-hydroxylation sites is 2. The van der Waals surface area contributed by atoms with E-state index in [0.29, 0.717) is 38.5 Å². The zero-order valence-corrected chi connectivity index (χ0v) is 12.4. The summed E-state index contributed by atoms with van der Waals surface area (Å²) < 4.78 is 11.7. The minimum absolute atomic E-state index is 0.176.